The van der Waals surface area contributed by atoms with Crippen LogP contribution < -0.4 is 15.8 Å². The second kappa shape index (κ2) is 7.75. The molecule has 3 N–H and O–H groups in total. The van der Waals surface area contributed by atoms with E-state index >= 15 is 0 Å². The number of nitrogens with two attached hydrogens (primary N) is 1. The van der Waals surface area contributed by atoms with E-state index in [1.54, 1.807) is 7.11 Å². The first-order valence-corrected chi connectivity index (χ1v) is 10.0. The summed E-state index contributed by atoms with van der Waals surface area (Å²) in [5.74, 6) is 0.974. The molecule has 144 valence electrons. The van der Waals surface area contributed by atoms with Crippen molar-refractivity contribution in [2.45, 2.75) is 19.3 Å². The summed E-state index contributed by atoms with van der Waals surface area (Å²) >= 11 is 3.46. The number of carbonyl (C=O) groups excluding carboxylic acids is 1. The number of primary amides is 1. The van der Waals surface area contributed by atoms with Crippen molar-refractivity contribution in [1.29, 1.82) is 0 Å². The molecule has 0 bridgehead atoms. The molecule has 1 saturated carbocycles. The molecular weight excluding hydrogens is 420 g/mol. The van der Waals surface area contributed by atoms with Gasteiger partial charge in [-0.1, -0.05) is 34.8 Å². The van der Waals surface area contributed by atoms with Crippen LogP contribution in [0.2, 0.25) is 0 Å². The number of aromatic nitrogens is 2. The minimum absolute atomic E-state index is 0.178. The molecule has 7 heteroatoms. The van der Waals surface area contributed by atoms with Gasteiger partial charge in [-0.25, -0.2) is 0 Å². The molecule has 0 unspecified atom stereocenters. The zero-order valence-corrected chi connectivity index (χ0v) is 17.1. The lowest BCUT2D eigenvalue weighted by Gasteiger charge is -2.14. The molecule has 1 aliphatic carbocycles. The molecule has 1 aromatic heterocycles. The largest absolute Gasteiger partial charge is 0.496 e. The topological polar surface area (TPSA) is 90.1 Å². The van der Waals surface area contributed by atoms with E-state index in [2.05, 4.69) is 31.4 Å². The number of anilines is 1. The molecule has 6 nitrogen and oxygen atoms in total. The zero-order valence-electron chi connectivity index (χ0n) is 15.5. The SMILES string of the molecule is COc1cc(Br)ccc1-c1ccc2c(NCCC3CC3)c(C(N)=O)nnc2c1. The summed E-state index contributed by atoms with van der Waals surface area (Å²) in [7, 11) is 1.65. The average Bonchev–Trinajstić information content (AvgIpc) is 3.51. The number of amides is 1. The predicted octanol–water partition coefficient (Wildman–Crippen LogP) is 4.38. The Morgan fingerprint density at radius 1 is 1.25 bits per heavy atom. The van der Waals surface area contributed by atoms with Crippen LogP contribution in [0.3, 0.4) is 0 Å². The Morgan fingerprint density at radius 3 is 2.79 bits per heavy atom. The van der Waals surface area contributed by atoms with E-state index in [0.717, 1.165) is 45.6 Å². The molecule has 2 aromatic carbocycles. The first-order valence-electron chi connectivity index (χ1n) is 9.25. The van der Waals surface area contributed by atoms with Gasteiger partial charge >= 0.3 is 0 Å². The molecule has 28 heavy (non-hydrogen) atoms. The molecule has 0 atom stereocenters. The second-order valence-corrected chi connectivity index (χ2v) is 7.94. The number of ether oxygens (including phenoxy) is 1. The number of carbonyl (C=O) groups is 1. The molecule has 0 radical (unpaired) electrons. The standard InChI is InChI=1S/C21H21BrN4O2/c1-28-18-11-14(22)5-7-15(18)13-4-6-16-17(10-13)25-26-20(21(23)27)19(16)24-9-8-12-2-3-12/h4-7,10-12H,2-3,8-9H2,1H3,(H2,23,27)(H,24,25). The highest BCUT2D eigenvalue weighted by Gasteiger charge is 2.21. The van der Waals surface area contributed by atoms with E-state index in [1.807, 2.05) is 36.4 Å². The van der Waals surface area contributed by atoms with Gasteiger partial charge in [0.05, 0.1) is 18.3 Å². The van der Waals surface area contributed by atoms with Gasteiger partial charge in [-0.05, 0) is 48.2 Å². The quantitative estimate of drug-likeness (QED) is 0.568. The summed E-state index contributed by atoms with van der Waals surface area (Å²) in [6.07, 6.45) is 3.66. The highest BCUT2D eigenvalue weighted by Crippen LogP contribution is 2.36. The van der Waals surface area contributed by atoms with Crippen molar-refractivity contribution in [3.8, 4) is 16.9 Å². The Kier molecular flexibility index (Phi) is 5.17. The van der Waals surface area contributed by atoms with Gasteiger partial charge in [0.25, 0.3) is 5.91 Å². The number of fused-ring (bicyclic) bond motifs is 1. The summed E-state index contributed by atoms with van der Waals surface area (Å²) in [6.45, 7) is 0.786. The Labute approximate surface area is 171 Å². The molecule has 4 rings (SSSR count). The average molecular weight is 441 g/mol. The minimum Gasteiger partial charge on any atom is -0.496 e. The Balaban J connectivity index is 1.75. The predicted molar refractivity (Wildman–Crippen MR) is 114 cm³/mol. The van der Waals surface area contributed by atoms with Crippen LogP contribution in [0.15, 0.2) is 40.9 Å². The molecular formula is C21H21BrN4O2. The van der Waals surface area contributed by atoms with Gasteiger partial charge in [0, 0.05) is 22.0 Å². The molecule has 0 saturated heterocycles. The summed E-state index contributed by atoms with van der Waals surface area (Å²) in [6, 6.07) is 11.8. The molecule has 0 aliphatic heterocycles. The number of hydrogen-bond acceptors (Lipinski definition) is 5. The van der Waals surface area contributed by atoms with Crippen LogP contribution >= 0.6 is 15.9 Å². The number of nitrogens with zero attached hydrogens (tertiary/aromatic N) is 2. The molecule has 0 spiro atoms. The highest BCUT2D eigenvalue weighted by atomic mass is 79.9. The van der Waals surface area contributed by atoms with E-state index in [0.29, 0.717) is 11.2 Å². The lowest BCUT2D eigenvalue weighted by atomic mass is 10.0. The maximum Gasteiger partial charge on any atom is 0.271 e. The fourth-order valence-electron chi connectivity index (χ4n) is 3.34. The van der Waals surface area contributed by atoms with Crippen molar-refractivity contribution in [3.05, 3.63) is 46.6 Å². The van der Waals surface area contributed by atoms with Gasteiger partial charge in [-0.2, -0.15) is 0 Å². The number of hydrogen-bond donors (Lipinski definition) is 2. The fraction of sp³-hybridized carbons (Fsp3) is 0.286. The van der Waals surface area contributed by atoms with Gasteiger partial charge in [-0.3, -0.25) is 4.79 Å². The monoisotopic (exact) mass is 440 g/mol. The molecule has 1 aliphatic rings. The normalized spacial score (nSPS) is 13.5. The Bertz CT molecular complexity index is 1050. The summed E-state index contributed by atoms with van der Waals surface area (Å²) < 4.78 is 6.46. The third kappa shape index (κ3) is 3.80. The van der Waals surface area contributed by atoms with E-state index in [4.69, 9.17) is 10.5 Å². The third-order valence-electron chi connectivity index (χ3n) is 5.02. The highest BCUT2D eigenvalue weighted by molar-refractivity contribution is 9.10. The van der Waals surface area contributed by atoms with E-state index < -0.39 is 5.91 Å². The van der Waals surface area contributed by atoms with Crippen LogP contribution in [0.1, 0.15) is 29.8 Å². The molecule has 3 aromatic rings. The van der Waals surface area contributed by atoms with Gasteiger partial charge in [0.2, 0.25) is 0 Å². The maximum atomic E-state index is 11.8. The fourth-order valence-corrected chi connectivity index (χ4v) is 3.68. The van der Waals surface area contributed by atoms with Gasteiger partial charge < -0.3 is 15.8 Å². The van der Waals surface area contributed by atoms with E-state index in [9.17, 15) is 4.79 Å². The summed E-state index contributed by atoms with van der Waals surface area (Å²) in [4.78, 5) is 11.8. The third-order valence-corrected chi connectivity index (χ3v) is 5.51. The van der Waals surface area contributed by atoms with Crippen LogP contribution in [-0.4, -0.2) is 29.8 Å². The number of halogens is 1. The maximum absolute atomic E-state index is 11.8. The Hall–Kier alpha value is -2.67. The van der Waals surface area contributed by atoms with Gasteiger partial charge in [0.1, 0.15) is 5.75 Å². The van der Waals surface area contributed by atoms with E-state index in [1.165, 1.54) is 12.8 Å². The summed E-state index contributed by atoms with van der Waals surface area (Å²) in [5, 5.41) is 12.5. The van der Waals surface area contributed by atoms with Gasteiger partial charge in [0.15, 0.2) is 5.69 Å². The van der Waals surface area contributed by atoms with Crippen molar-refractivity contribution < 1.29 is 9.53 Å². The van der Waals surface area contributed by atoms with Crippen molar-refractivity contribution in [2.75, 3.05) is 19.0 Å². The van der Waals surface area contributed by atoms with Gasteiger partial charge in [-0.15, -0.1) is 10.2 Å². The number of nitrogens with one attached hydrogen (secondary N) is 1. The first-order chi connectivity index (χ1) is 13.6. The Morgan fingerprint density at radius 2 is 2.07 bits per heavy atom. The van der Waals surface area contributed by atoms with Crippen molar-refractivity contribution in [2.24, 2.45) is 11.7 Å². The van der Waals surface area contributed by atoms with Crippen molar-refractivity contribution in [1.82, 2.24) is 10.2 Å². The number of rotatable bonds is 7. The second-order valence-electron chi connectivity index (χ2n) is 7.02. The van der Waals surface area contributed by atoms with E-state index in [-0.39, 0.29) is 5.69 Å². The zero-order chi connectivity index (χ0) is 19.7. The molecule has 1 fully saturated rings. The number of methoxy groups -OCH3 is 1. The minimum atomic E-state index is -0.582. The number of benzene rings is 2. The smallest absolute Gasteiger partial charge is 0.271 e. The van der Waals surface area contributed by atoms with Crippen molar-refractivity contribution >= 4 is 38.4 Å². The van der Waals surface area contributed by atoms with Crippen LogP contribution in [0, 0.1) is 5.92 Å². The van der Waals surface area contributed by atoms with Crippen LogP contribution in [0.5, 0.6) is 5.75 Å². The van der Waals surface area contributed by atoms with Crippen LogP contribution in [-0.2, 0) is 0 Å². The van der Waals surface area contributed by atoms with Crippen molar-refractivity contribution in [3.63, 3.8) is 0 Å². The molecule has 1 heterocycles. The first kappa shape index (κ1) is 18.7. The summed E-state index contributed by atoms with van der Waals surface area (Å²) in [5.41, 5.74) is 8.97. The molecule has 1 amide bonds. The van der Waals surface area contributed by atoms with Crippen LogP contribution in [0.4, 0.5) is 5.69 Å². The van der Waals surface area contributed by atoms with Crippen LogP contribution in [0.25, 0.3) is 22.0 Å². The lowest BCUT2D eigenvalue weighted by Crippen LogP contribution is -2.18. The lowest BCUT2D eigenvalue weighted by molar-refractivity contribution is 0.0995.